The largest absolute Gasteiger partial charge is 0.325 e. The van der Waals surface area contributed by atoms with Crippen molar-refractivity contribution < 1.29 is 13.6 Å². The number of alkyl halides is 1. The SMILES string of the molecule is CCCCCCCN(CCCCCBr)C(=O)Nc1ccc(F)cc1F. The predicted octanol–water partition coefficient (Wildman–Crippen LogP) is 6.33. The van der Waals surface area contributed by atoms with Gasteiger partial charge in [0.05, 0.1) is 5.69 Å². The molecule has 0 radical (unpaired) electrons. The second-order valence-electron chi connectivity index (χ2n) is 6.21. The van der Waals surface area contributed by atoms with Gasteiger partial charge < -0.3 is 10.2 Å². The molecule has 0 saturated carbocycles. The van der Waals surface area contributed by atoms with E-state index in [0.717, 1.165) is 49.6 Å². The monoisotopic (exact) mass is 418 g/mol. The maximum absolute atomic E-state index is 13.7. The van der Waals surface area contributed by atoms with Gasteiger partial charge in [-0.2, -0.15) is 0 Å². The Hall–Kier alpha value is -1.17. The average molecular weight is 419 g/mol. The molecule has 1 aromatic rings. The minimum Gasteiger partial charge on any atom is -0.325 e. The molecular weight excluding hydrogens is 390 g/mol. The van der Waals surface area contributed by atoms with Gasteiger partial charge in [0.15, 0.2) is 0 Å². The Morgan fingerprint density at radius 2 is 1.68 bits per heavy atom. The highest BCUT2D eigenvalue weighted by molar-refractivity contribution is 9.09. The van der Waals surface area contributed by atoms with Crippen molar-refractivity contribution in [1.29, 1.82) is 0 Å². The number of unbranched alkanes of at least 4 members (excludes halogenated alkanes) is 6. The molecule has 0 aliphatic heterocycles. The fraction of sp³-hybridized carbons (Fsp3) is 0.632. The van der Waals surface area contributed by atoms with Crippen LogP contribution in [0.1, 0.15) is 58.3 Å². The molecule has 0 fully saturated rings. The minimum atomic E-state index is -0.754. The number of benzene rings is 1. The van der Waals surface area contributed by atoms with Crippen LogP contribution in [0.2, 0.25) is 0 Å². The quantitative estimate of drug-likeness (QED) is 0.311. The van der Waals surface area contributed by atoms with Crippen LogP contribution >= 0.6 is 15.9 Å². The summed E-state index contributed by atoms with van der Waals surface area (Å²) in [5.41, 5.74) is 0.0165. The van der Waals surface area contributed by atoms with Gasteiger partial charge in [0.2, 0.25) is 0 Å². The molecule has 3 nitrogen and oxygen atoms in total. The lowest BCUT2D eigenvalue weighted by molar-refractivity contribution is 0.209. The van der Waals surface area contributed by atoms with E-state index < -0.39 is 11.6 Å². The third kappa shape index (κ3) is 9.19. The zero-order chi connectivity index (χ0) is 18.5. The first-order chi connectivity index (χ1) is 12.1. The van der Waals surface area contributed by atoms with Crippen LogP contribution in [0, 0.1) is 11.6 Å². The highest BCUT2D eigenvalue weighted by Crippen LogP contribution is 2.16. The van der Waals surface area contributed by atoms with Crippen LogP contribution in [0.25, 0.3) is 0 Å². The lowest BCUT2D eigenvalue weighted by Gasteiger charge is -2.23. The third-order valence-electron chi connectivity index (χ3n) is 4.05. The van der Waals surface area contributed by atoms with Crippen LogP contribution in [0.15, 0.2) is 18.2 Å². The fourth-order valence-corrected chi connectivity index (χ4v) is 2.98. The average Bonchev–Trinajstić information content (AvgIpc) is 2.59. The molecule has 0 aromatic heterocycles. The standard InChI is InChI=1S/C19H29BrF2N2O/c1-2-3-4-5-8-13-24(14-9-6-7-12-20)19(25)23-18-11-10-16(21)15-17(18)22/h10-11,15H,2-9,12-14H2,1H3,(H,23,25). The number of anilines is 1. The van der Waals surface area contributed by atoms with Crippen molar-refractivity contribution in [2.75, 3.05) is 23.7 Å². The first-order valence-corrected chi connectivity index (χ1v) is 10.3. The number of urea groups is 1. The van der Waals surface area contributed by atoms with Crippen LogP contribution in [0.5, 0.6) is 0 Å². The van der Waals surface area contributed by atoms with Crippen LogP contribution in [-0.4, -0.2) is 29.4 Å². The van der Waals surface area contributed by atoms with Crippen molar-refractivity contribution in [2.24, 2.45) is 0 Å². The highest BCUT2D eigenvalue weighted by atomic mass is 79.9. The third-order valence-corrected chi connectivity index (χ3v) is 4.61. The second-order valence-corrected chi connectivity index (χ2v) is 7.00. The smallest absolute Gasteiger partial charge is 0.321 e. The molecule has 0 spiro atoms. The zero-order valence-electron chi connectivity index (χ0n) is 15.0. The molecule has 0 heterocycles. The van der Waals surface area contributed by atoms with E-state index >= 15 is 0 Å². The van der Waals surface area contributed by atoms with Gasteiger partial charge in [-0.25, -0.2) is 13.6 Å². The van der Waals surface area contributed by atoms with Gasteiger partial charge in [-0.05, 0) is 31.4 Å². The lowest BCUT2D eigenvalue weighted by atomic mass is 10.1. The number of halogens is 3. The van der Waals surface area contributed by atoms with Crippen molar-refractivity contribution >= 4 is 27.6 Å². The summed E-state index contributed by atoms with van der Waals surface area (Å²) < 4.78 is 26.7. The number of nitrogens with zero attached hydrogens (tertiary/aromatic N) is 1. The summed E-state index contributed by atoms with van der Waals surface area (Å²) in [7, 11) is 0. The van der Waals surface area contributed by atoms with Crippen molar-refractivity contribution in [3.05, 3.63) is 29.8 Å². The molecule has 1 rings (SSSR count). The van der Waals surface area contributed by atoms with E-state index in [0.29, 0.717) is 13.1 Å². The Bertz CT molecular complexity index is 514. The molecule has 1 aromatic carbocycles. The van der Waals surface area contributed by atoms with E-state index in [-0.39, 0.29) is 11.7 Å². The van der Waals surface area contributed by atoms with Gasteiger partial charge in [-0.1, -0.05) is 55.0 Å². The van der Waals surface area contributed by atoms with Gasteiger partial charge in [0, 0.05) is 24.5 Å². The summed E-state index contributed by atoms with van der Waals surface area (Å²) in [6.45, 7) is 3.48. The Kier molecular flexibility index (Phi) is 11.5. The molecule has 25 heavy (non-hydrogen) atoms. The number of rotatable bonds is 12. The van der Waals surface area contributed by atoms with Crippen LogP contribution in [0.4, 0.5) is 19.3 Å². The van der Waals surface area contributed by atoms with Crippen LogP contribution in [0.3, 0.4) is 0 Å². The molecule has 142 valence electrons. The first-order valence-electron chi connectivity index (χ1n) is 9.15. The fourth-order valence-electron chi connectivity index (χ4n) is 2.58. The summed E-state index contributed by atoms with van der Waals surface area (Å²) in [6.07, 6.45) is 8.61. The molecule has 0 saturated heterocycles. The molecule has 0 atom stereocenters. The Labute approximate surface area is 158 Å². The molecule has 0 aliphatic rings. The van der Waals surface area contributed by atoms with E-state index in [1.165, 1.54) is 25.3 Å². The minimum absolute atomic E-state index is 0.0165. The molecule has 0 unspecified atom stereocenters. The van der Waals surface area contributed by atoms with E-state index in [9.17, 15) is 13.6 Å². The number of hydrogen-bond donors (Lipinski definition) is 1. The van der Waals surface area contributed by atoms with Gasteiger partial charge in [0.25, 0.3) is 0 Å². The summed E-state index contributed by atoms with van der Waals surface area (Å²) >= 11 is 3.40. The lowest BCUT2D eigenvalue weighted by Crippen LogP contribution is -2.36. The van der Waals surface area contributed by atoms with Gasteiger partial charge in [0.1, 0.15) is 11.6 Å². The normalized spacial score (nSPS) is 10.7. The summed E-state index contributed by atoms with van der Waals surface area (Å²) in [5, 5.41) is 3.52. The molecule has 0 aliphatic carbocycles. The Balaban J connectivity index is 2.56. The van der Waals surface area contributed by atoms with Crippen LogP contribution in [-0.2, 0) is 0 Å². The Morgan fingerprint density at radius 3 is 2.28 bits per heavy atom. The number of hydrogen-bond acceptors (Lipinski definition) is 1. The molecule has 0 bridgehead atoms. The maximum Gasteiger partial charge on any atom is 0.321 e. The van der Waals surface area contributed by atoms with Crippen LogP contribution < -0.4 is 5.32 Å². The van der Waals surface area contributed by atoms with E-state index in [2.05, 4.69) is 28.2 Å². The van der Waals surface area contributed by atoms with Crippen molar-refractivity contribution in [1.82, 2.24) is 4.90 Å². The summed E-state index contributed by atoms with van der Waals surface area (Å²) in [5.74, 6) is -1.41. The van der Waals surface area contributed by atoms with Crippen molar-refractivity contribution in [2.45, 2.75) is 58.3 Å². The van der Waals surface area contributed by atoms with Gasteiger partial charge in [-0.3, -0.25) is 0 Å². The topological polar surface area (TPSA) is 32.3 Å². The maximum atomic E-state index is 13.7. The zero-order valence-corrected chi connectivity index (χ0v) is 16.6. The molecule has 6 heteroatoms. The van der Waals surface area contributed by atoms with E-state index in [1.807, 2.05) is 0 Å². The highest BCUT2D eigenvalue weighted by Gasteiger charge is 2.15. The number of nitrogens with one attached hydrogen (secondary N) is 1. The van der Waals surface area contributed by atoms with Crippen molar-refractivity contribution in [3.8, 4) is 0 Å². The van der Waals surface area contributed by atoms with E-state index in [1.54, 1.807) is 4.90 Å². The van der Waals surface area contributed by atoms with Crippen molar-refractivity contribution in [3.63, 3.8) is 0 Å². The number of carbonyl (C=O) groups excluding carboxylic acids is 1. The Morgan fingerprint density at radius 1 is 1.04 bits per heavy atom. The summed E-state index contributed by atoms with van der Waals surface area (Å²) in [6, 6.07) is 2.86. The molecular formula is C19H29BrF2N2O. The first kappa shape index (κ1) is 21.9. The molecule has 1 N–H and O–H groups in total. The predicted molar refractivity (Wildman–Crippen MR) is 103 cm³/mol. The second kappa shape index (κ2) is 13.1. The summed E-state index contributed by atoms with van der Waals surface area (Å²) in [4.78, 5) is 14.2. The molecule has 2 amide bonds. The number of amides is 2. The van der Waals surface area contributed by atoms with E-state index in [4.69, 9.17) is 0 Å². The van der Waals surface area contributed by atoms with Gasteiger partial charge in [-0.15, -0.1) is 0 Å². The van der Waals surface area contributed by atoms with Gasteiger partial charge >= 0.3 is 6.03 Å². The number of carbonyl (C=O) groups is 1.